The zero-order valence-electron chi connectivity index (χ0n) is 7.09. The van der Waals surface area contributed by atoms with Gasteiger partial charge in [0, 0.05) is 10.9 Å². The SMILES string of the molecule is COc1ccc2cn[nH]c2c1C. The van der Waals surface area contributed by atoms with Crippen LogP contribution in [0.5, 0.6) is 5.75 Å². The van der Waals surface area contributed by atoms with Crippen LogP contribution in [-0.4, -0.2) is 17.3 Å². The first kappa shape index (κ1) is 7.16. The highest BCUT2D eigenvalue weighted by molar-refractivity contribution is 5.83. The normalized spacial score (nSPS) is 10.5. The highest BCUT2D eigenvalue weighted by Gasteiger charge is 2.03. The molecule has 1 aromatic carbocycles. The van der Waals surface area contributed by atoms with Crippen LogP contribution >= 0.6 is 0 Å². The minimum Gasteiger partial charge on any atom is -0.496 e. The molecule has 2 rings (SSSR count). The van der Waals surface area contributed by atoms with Crippen molar-refractivity contribution in [3.05, 3.63) is 23.9 Å². The number of hydrogen-bond acceptors (Lipinski definition) is 2. The minimum absolute atomic E-state index is 0.895. The van der Waals surface area contributed by atoms with Crippen LogP contribution in [0.25, 0.3) is 10.9 Å². The number of aromatic amines is 1. The monoisotopic (exact) mass is 162 g/mol. The van der Waals surface area contributed by atoms with Gasteiger partial charge in [-0.15, -0.1) is 0 Å². The quantitative estimate of drug-likeness (QED) is 0.695. The average molecular weight is 162 g/mol. The highest BCUT2D eigenvalue weighted by Crippen LogP contribution is 2.24. The Labute approximate surface area is 70.4 Å². The van der Waals surface area contributed by atoms with Crippen molar-refractivity contribution in [2.75, 3.05) is 7.11 Å². The fourth-order valence-electron chi connectivity index (χ4n) is 1.36. The predicted molar refractivity (Wildman–Crippen MR) is 47.4 cm³/mol. The van der Waals surface area contributed by atoms with Gasteiger partial charge < -0.3 is 4.74 Å². The van der Waals surface area contributed by atoms with E-state index >= 15 is 0 Å². The van der Waals surface area contributed by atoms with E-state index in [4.69, 9.17) is 4.74 Å². The van der Waals surface area contributed by atoms with E-state index < -0.39 is 0 Å². The maximum atomic E-state index is 5.17. The van der Waals surface area contributed by atoms with E-state index in [1.807, 2.05) is 25.3 Å². The minimum atomic E-state index is 0.895. The van der Waals surface area contributed by atoms with Crippen LogP contribution in [0, 0.1) is 6.92 Å². The number of hydrogen-bond donors (Lipinski definition) is 1. The van der Waals surface area contributed by atoms with Gasteiger partial charge in [-0.25, -0.2) is 0 Å². The van der Waals surface area contributed by atoms with Gasteiger partial charge in [-0.05, 0) is 19.1 Å². The van der Waals surface area contributed by atoms with Gasteiger partial charge in [-0.3, -0.25) is 5.10 Å². The van der Waals surface area contributed by atoms with Gasteiger partial charge >= 0.3 is 0 Å². The highest BCUT2D eigenvalue weighted by atomic mass is 16.5. The Hall–Kier alpha value is -1.51. The smallest absolute Gasteiger partial charge is 0.123 e. The zero-order valence-corrected chi connectivity index (χ0v) is 7.09. The lowest BCUT2D eigenvalue weighted by Crippen LogP contribution is -1.87. The summed E-state index contributed by atoms with van der Waals surface area (Å²) >= 11 is 0. The van der Waals surface area contributed by atoms with Crippen LogP contribution in [0.15, 0.2) is 18.3 Å². The Morgan fingerprint density at radius 1 is 1.42 bits per heavy atom. The standard InChI is InChI=1S/C9H10N2O/c1-6-8(12-2)4-3-7-5-10-11-9(6)7/h3-5H,1-2H3,(H,10,11). The fraction of sp³-hybridized carbons (Fsp3) is 0.222. The van der Waals surface area contributed by atoms with Crippen molar-refractivity contribution >= 4 is 10.9 Å². The molecule has 0 aliphatic heterocycles. The zero-order chi connectivity index (χ0) is 8.55. The number of fused-ring (bicyclic) bond motifs is 1. The molecule has 0 aliphatic rings. The van der Waals surface area contributed by atoms with E-state index in [0.717, 1.165) is 22.2 Å². The van der Waals surface area contributed by atoms with Gasteiger partial charge in [0.05, 0.1) is 18.8 Å². The van der Waals surface area contributed by atoms with Crippen molar-refractivity contribution < 1.29 is 4.74 Å². The molecular formula is C9H10N2O. The number of ether oxygens (including phenoxy) is 1. The Balaban J connectivity index is 2.78. The molecule has 0 aliphatic carbocycles. The largest absolute Gasteiger partial charge is 0.496 e. The molecule has 0 unspecified atom stereocenters. The van der Waals surface area contributed by atoms with Gasteiger partial charge in [0.1, 0.15) is 5.75 Å². The molecule has 1 aromatic heterocycles. The lowest BCUT2D eigenvalue weighted by atomic mass is 10.1. The van der Waals surface area contributed by atoms with Gasteiger partial charge in [0.25, 0.3) is 0 Å². The van der Waals surface area contributed by atoms with E-state index in [-0.39, 0.29) is 0 Å². The molecule has 0 radical (unpaired) electrons. The number of aryl methyl sites for hydroxylation is 1. The molecule has 0 saturated carbocycles. The third kappa shape index (κ3) is 0.863. The summed E-state index contributed by atoms with van der Waals surface area (Å²) in [5, 5.41) is 8.01. The van der Waals surface area contributed by atoms with Gasteiger partial charge in [-0.2, -0.15) is 5.10 Å². The first-order valence-electron chi connectivity index (χ1n) is 3.79. The van der Waals surface area contributed by atoms with Crippen molar-refractivity contribution in [2.24, 2.45) is 0 Å². The summed E-state index contributed by atoms with van der Waals surface area (Å²) in [7, 11) is 1.67. The molecule has 0 spiro atoms. The van der Waals surface area contributed by atoms with Crippen molar-refractivity contribution in [1.82, 2.24) is 10.2 Å². The van der Waals surface area contributed by atoms with Crippen LogP contribution in [0.2, 0.25) is 0 Å². The second-order valence-corrected chi connectivity index (χ2v) is 2.73. The van der Waals surface area contributed by atoms with Crippen molar-refractivity contribution in [1.29, 1.82) is 0 Å². The number of nitrogens with zero attached hydrogens (tertiary/aromatic N) is 1. The van der Waals surface area contributed by atoms with E-state index in [2.05, 4.69) is 10.2 Å². The number of methoxy groups -OCH3 is 1. The second-order valence-electron chi connectivity index (χ2n) is 2.73. The Morgan fingerprint density at radius 2 is 2.25 bits per heavy atom. The van der Waals surface area contributed by atoms with E-state index in [1.54, 1.807) is 7.11 Å². The van der Waals surface area contributed by atoms with Crippen molar-refractivity contribution in [3.63, 3.8) is 0 Å². The molecule has 0 bridgehead atoms. The van der Waals surface area contributed by atoms with Crippen LogP contribution in [0.1, 0.15) is 5.56 Å². The summed E-state index contributed by atoms with van der Waals surface area (Å²) in [6, 6.07) is 3.94. The summed E-state index contributed by atoms with van der Waals surface area (Å²) in [5.74, 6) is 0.895. The molecule has 3 heteroatoms. The summed E-state index contributed by atoms with van der Waals surface area (Å²) in [6.45, 7) is 2.01. The molecule has 0 fully saturated rings. The molecule has 1 N–H and O–H groups in total. The third-order valence-corrected chi connectivity index (χ3v) is 2.05. The molecule has 2 aromatic rings. The first-order chi connectivity index (χ1) is 5.83. The number of aromatic nitrogens is 2. The Bertz CT molecular complexity index is 406. The summed E-state index contributed by atoms with van der Waals surface area (Å²) in [4.78, 5) is 0. The van der Waals surface area contributed by atoms with Gasteiger partial charge in [0.2, 0.25) is 0 Å². The average Bonchev–Trinajstić information content (AvgIpc) is 2.53. The lowest BCUT2D eigenvalue weighted by molar-refractivity contribution is 0.412. The van der Waals surface area contributed by atoms with Gasteiger partial charge in [-0.1, -0.05) is 0 Å². The predicted octanol–water partition coefficient (Wildman–Crippen LogP) is 1.88. The molecule has 1 heterocycles. The van der Waals surface area contributed by atoms with Crippen molar-refractivity contribution in [3.8, 4) is 5.75 Å². The maximum absolute atomic E-state index is 5.17. The molecule has 0 atom stereocenters. The van der Waals surface area contributed by atoms with Crippen molar-refractivity contribution in [2.45, 2.75) is 6.92 Å². The third-order valence-electron chi connectivity index (χ3n) is 2.05. The lowest BCUT2D eigenvalue weighted by Gasteiger charge is -2.03. The number of H-pyrrole nitrogens is 1. The summed E-state index contributed by atoms with van der Waals surface area (Å²) in [5.41, 5.74) is 2.15. The fourth-order valence-corrected chi connectivity index (χ4v) is 1.36. The van der Waals surface area contributed by atoms with Gasteiger partial charge in [0.15, 0.2) is 0 Å². The number of benzene rings is 1. The Morgan fingerprint density at radius 3 is 3.00 bits per heavy atom. The van der Waals surface area contributed by atoms with Crippen LogP contribution in [0.4, 0.5) is 0 Å². The van der Waals surface area contributed by atoms with E-state index in [9.17, 15) is 0 Å². The summed E-state index contributed by atoms with van der Waals surface area (Å²) < 4.78 is 5.17. The van der Waals surface area contributed by atoms with E-state index in [0.29, 0.717) is 0 Å². The molecular weight excluding hydrogens is 152 g/mol. The maximum Gasteiger partial charge on any atom is 0.123 e. The van der Waals surface area contributed by atoms with Crippen LogP contribution in [-0.2, 0) is 0 Å². The second kappa shape index (κ2) is 2.52. The van der Waals surface area contributed by atoms with E-state index in [1.165, 1.54) is 0 Å². The molecule has 62 valence electrons. The first-order valence-corrected chi connectivity index (χ1v) is 3.79. The molecule has 12 heavy (non-hydrogen) atoms. The Kier molecular flexibility index (Phi) is 1.50. The van der Waals surface area contributed by atoms with Crippen LogP contribution in [0.3, 0.4) is 0 Å². The molecule has 3 nitrogen and oxygen atoms in total. The number of rotatable bonds is 1. The topological polar surface area (TPSA) is 37.9 Å². The molecule has 0 saturated heterocycles. The number of nitrogens with one attached hydrogen (secondary N) is 1. The van der Waals surface area contributed by atoms with Crippen LogP contribution < -0.4 is 4.74 Å². The molecule has 0 amide bonds. The summed E-state index contributed by atoms with van der Waals surface area (Å²) in [6.07, 6.45) is 1.81.